The van der Waals surface area contributed by atoms with E-state index in [-0.39, 0.29) is 0 Å². The van der Waals surface area contributed by atoms with Crippen molar-refractivity contribution in [3.63, 3.8) is 0 Å². The number of benzene rings is 1. The van der Waals surface area contributed by atoms with Gasteiger partial charge in [0, 0.05) is 5.02 Å². The van der Waals surface area contributed by atoms with Gasteiger partial charge in [-0.2, -0.15) is 4.37 Å². The maximum atomic E-state index is 11.2. The molecule has 1 aromatic carbocycles. The van der Waals surface area contributed by atoms with E-state index in [1.54, 1.807) is 12.1 Å². The lowest BCUT2D eigenvalue weighted by molar-refractivity contribution is -0.138. The van der Waals surface area contributed by atoms with E-state index in [9.17, 15) is 9.90 Å². The number of hydrogen-bond donors (Lipinski definition) is 1. The second-order valence-corrected chi connectivity index (χ2v) is 4.75. The Labute approximate surface area is 107 Å². The zero-order chi connectivity index (χ0) is 12.3. The van der Waals surface area contributed by atoms with Gasteiger partial charge >= 0.3 is 5.97 Å². The van der Waals surface area contributed by atoms with Crippen LogP contribution in [-0.4, -0.2) is 20.4 Å². The summed E-state index contributed by atoms with van der Waals surface area (Å²) in [5.41, 5.74) is 0.914. The molecule has 2 aromatic rings. The van der Waals surface area contributed by atoms with Crippen LogP contribution in [0.3, 0.4) is 0 Å². The van der Waals surface area contributed by atoms with E-state index < -0.39 is 11.9 Å². The largest absolute Gasteiger partial charge is 0.481 e. The van der Waals surface area contributed by atoms with Crippen LogP contribution in [0.5, 0.6) is 0 Å². The van der Waals surface area contributed by atoms with Crippen LogP contribution in [0.15, 0.2) is 30.6 Å². The topological polar surface area (TPSA) is 63.1 Å². The van der Waals surface area contributed by atoms with Gasteiger partial charge in [-0.05, 0) is 35.6 Å². The second-order valence-electron chi connectivity index (χ2n) is 3.50. The summed E-state index contributed by atoms with van der Waals surface area (Å²) in [6, 6.07) is 7.13. The molecule has 6 heteroatoms. The molecule has 0 aliphatic carbocycles. The number of carboxylic acids is 1. The van der Waals surface area contributed by atoms with Gasteiger partial charge in [-0.25, -0.2) is 4.98 Å². The van der Waals surface area contributed by atoms with Gasteiger partial charge in [0.25, 0.3) is 0 Å². The standard InChI is InChI=1S/C11H9ClN2O2S/c12-8-3-1-7(2-4-8)5-9(11(15)16)10-13-6-14-17-10/h1-4,6,9H,5H2,(H,15,16). The van der Waals surface area contributed by atoms with Crippen molar-refractivity contribution >= 4 is 29.1 Å². The highest BCUT2D eigenvalue weighted by atomic mass is 35.5. The molecular weight excluding hydrogens is 260 g/mol. The molecular formula is C11H9ClN2O2S. The predicted octanol–water partition coefficient (Wildman–Crippen LogP) is 2.60. The molecule has 0 fully saturated rings. The summed E-state index contributed by atoms with van der Waals surface area (Å²) in [5, 5.41) is 10.3. The van der Waals surface area contributed by atoms with E-state index in [4.69, 9.17) is 11.6 Å². The smallest absolute Gasteiger partial charge is 0.313 e. The van der Waals surface area contributed by atoms with Crippen molar-refractivity contribution < 1.29 is 9.90 Å². The van der Waals surface area contributed by atoms with Crippen LogP contribution in [0.1, 0.15) is 16.5 Å². The summed E-state index contributed by atoms with van der Waals surface area (Å²) in [5.74, 6) is -1.54. The van der Waals surface area contributed by atoms with Crippen molar-refractivity contribution in [1.29, 1.82) is 0 Å². The molecule has 0 amide bonds. The quantitative estimate of drug-likeness (QED) is 0.926. The number of carbonyl (C=O) groups is 1. The van der Waals surface area contributed by atoms with Gasteiger partial charge in [-0.3, -0.25) is 4.79 Å². The molecule has 1 aromatic heterocycles. The second kappa shape index (κ2) is 5.25. The highest BCUT2D eigenvalue weighted by molar-refractivity contribution is 7.05. The summed E-state index contributed by atoms with van der Waals surface area (Å²) in [4.78, 5) is 15.1. The molecule has 4 nitrogen and oxygen atoms in total. The molecule has 2 rings (SSSR count). The maximum absolute atomic E-state index is 11.2. The summed E-state index contributed by atoms with van der Waals surface area (Å²) >= 11 is 6.89. The molecule has 0 saturated carbocycles. The molecule has 1 heterocycles. The van der Waals surface area contributed by atoms with Crippen molar-refractivity contribution in [1.82, 2.24) is 9.36 Å². The van der Waals surface area contributed by atoms with Gasteiger partial charge in [-0.15, -0.1) is 0 Å². The van der Waals surface area contributed by atoms with Crippen molar-refractivity contribution in [3.05, 3.63) is 46.2 Å². The number of hydrogen-bond acceptors (Lipinski definition) is 4. The Hall–Kier alpha value is -1.46. The molecule has 1 unspecified atom stereocenters. The lowest BCUT2D eigenvalue weighted by Crippen LogP contribution is -2.14. The van der Waals surface area contributed by atoms with Crippen LogP contribution in [0, 0.1) is 0 Å². The fourth-order valence-electron chi connectivity index (χ4n) is 1.47. The number of aromatic nitrogens is 2. The van der Waals surface area contributed by atoms with Gasteiger partial charge in [0.05, 0.1) is 0 Å². The zero-order valence-corrected chi connectivity index (χ0v) is 10.3. The Morgan fingerprint density at radius 1 is 1.41 bits per heavy atom. The average Bonchev–Trinajstić information content (AvgIpc) is 2.81. The number of carboxylic acid groups (broad SMARTS) is 1. The predicted molar refractivity (Wildman–Crippen MR) is 65.4 cm³/mol. The molecule has 0 spiro atoms. The van der Waals surface area contributed by atoms with Gasteiger partial charge < -0.3 is 5.11 Å². The first-order valence-electron chi connectivity index (χ1n) is 4.90. The first kappa shape index (κ1) is 12.0. The van der Waals surface area contributed by atoms with Gasteiger partial charge in [0.15, 0.2) is 0 Å². The molecule has 88 valence electrons. The molecule has 0 aliphatic heterocycles. The van der Waals surface area contributed by atoms with E-state index in [2.05, 4.69) is 9.36 Å². The first-order valence-corrected chi connectivity index (χ1v) is 6.06. The minimum absolute atomic E-state index is 0.391. The SMILES string of the molecule is O=C(O)C(Cc1ccc(Cl)cc1)c1ncns1. The van der Waals surface area contributed by atoms with Crippen LogP contribution in [0.25, 0.3) is 0 Å². The Morgan fingerprint density at radius 2 is 2.12 bits per heavy atom. The zero-order valence-electron chi connectivity index (χ0n) is 8.71. The normalized spacial score (nSPS) is 12.3. The minimum Gasteiger partial charge on any atom is -0.481 e. The highest BCUT2D eigenvalue weighted by Gasteiger charge is 2.23. The van der Waals surface area contributed by atoms with E-state index in [1.165, 1.54) is 6.33 Å². The third kappa shape index (κ3) is 3.01. The van der Waals surface area contributed by atoms with Crippen LogP contribution >= 0.6 is 23.1 Å². The first-order chi connectivity index (χ1) is 8.16. The average molecular weight is 269 g/mol. The number of aliphatic carboxylic acids is 1. The molecule has 0 bridgehead atoms. The van der Waals surface area contributed by atoms with Crippen molar-refractivity contribution in [2.75, 3.05) is 0 Å². The van der Waals surface area contributed by atoms with Gasteiger partial charge in [0.1, 0.15) is 17.3 Å². The molecule has 1 N–H and O–H groups in total. The lowest BCUT2D eigenvalue weighted by atomic mass is 10.0. The van der Waals surface area contributed by atoms with Crippen molar-refractivity contribution in [3.8, 4) is 0 Å². The number of nitrogens with zero attached hydrogens (tertiary/aromatic N) is 2. The van der Waals surface area contributed by atoms with E-state index in [1.807, 2.05) is 12.1 Å². The summed E-state index contributed by atoms with van der Waals surface area (Å²) in [7, 11) is 0. The maximum Gasteiger partial charge on any atom is 0.313 e. The molecule has 17 heavy (non-hydrogen) atoms. The Kier molecular flexibility index (Phi) is 3.71. The third-order valence-electron chi connectivity index (χ3n) is 2.33. The Morgan fingerprint density at radius 3 is 2.65 bits per heavy atom. The Bertz CT molecular complexity index is 499. The minimum atomic E-state index is -0.892. The van der Waals surface area contributed by atoms with Crippen LogP contribution in [0.4, 0.5) is 0 Å². The van der Waals surface area contributed by atoms with Crippen LogP contribution in [-0.2, 0) is 11.2 Å². The molecule has 0 aliphatic rings. The van der Waals surface area contributed by atoms with E-state index in [0.29, 0.717) is 16.5 Å². The Balaban J connectivity index is 2.19. The number of rotatable bonds is 4. The highest BCUT2D eigenvalue weighted by Crippen LogP contribution is 2.22. The summed E-state index contributed by atoms with van der Waals surface area (Å²) < 4.78 is 3.83. The molecule has 1 atom stereocenters. The van der Waals surface area contributed by atoms with Crippen LogP contribution in [0.2, 0.25) is 5.02 Å². The fourth-order valence-corrected chi connectivity index (χ4v) is 2.21. The monoisotopic (exact) mass is 268 g/mol. The fraction of sp³-hybridized carbons (Fsp3) is 0.182. The van der Waals surface area contributed by atoms with Gasteiger partial charge in [0.2, 0.25) is 0 Å². The molecule has 0 saturated heterocycles. The van der Waals surface area contributed by atoms with Crippen LogP contribution < -0.4 is 0 Å². The summed E-state index contributed by atoms with van der Waals surface area (Å²) in [6.07, 6.45) is 1.76. The number of halogens is 1. The van der Waals surface area contributed by atoms with Crippen molar-refractivity contribution in [2.45, 2.75) is 12.3 Å². The lowest BCUT2D eigenvalue weighted by Gasteiger charge is -2.08. The summed E-state index contributed by atoms with van der Waals surface area (Å²) in [6.45, 7) is 0. The third-order valence-corrected chi connectivity index (χ3v) is 3.36. The van der Waals surface area contributed by atoms with E-state index in [0.717, 1.165) is 17.1 Å². The van der Waals surface area contributed by atoms with Gasteiger partial charge in [-0.1, -0.05) is 23.7 Å². The molecule has 0 radical (unpaired) electrons. The van der Waals surface area contributed by atoms with E-state index >= 15 is 0 Å². The van der Waals surface area contributed by atoms with Crippen molar-refractivity contribution in [2.24, 2.45) is 0 Å².